The van der Waals surface area contributed by atoms with E-state index in [9.17, 15) is 10.1 Å². The summed E-state index contributed by atoms with van der Waals surface area (Å²) in [6, 6.07) is 2.79. The van der Waals surface area contributed by atoms with Crippen LogP contribution in [0.3, 0.4) is 0 Å². The van der Waals surface area contributed by atoms with Gasteiger partial charge in [-0.2, -0.15) is 5.26 Å². The maximum atomic E-state index is 12.4. The second-order valence-corrected chi connectivity index (χ2v) is 9.07. The molecule has 1 saturated heterocycles. The molecule has 4 atom stereocenters. The summed E-state index contributed by atoms with van der Waals surface area (Å²) in [6.07, 6.45) is 5.96. The highest BCUT2D eigenvalue weighted by atomic mass is 16.6. The Morgan fingerprint density at radius 3 is 2.58 bits per heavy atom. The van der Waals surface area contributed by atoms with Crippen LogP contribution in [0.2, 0.25) is 0 Å². The van der Waals surface area contributed by atoms with E-state index in [1.807, 2.05) is 20.8 Å². The molecule has 1 aliphatic heterocycles. The molecule has 146 valence electrons. The van der Waals surface area contributed by atoms with E-state index in [1.54, 1.807) is 4.90 Å². The Bertz CT molecular complexity index is 560. The average Bonchev–Trinajstić information content (AvgIpc) is 3.21. The Kier molecular flexibility index (Phi) is 5.50. The third-order valence-corrected chi connectivity index (χ3v) is 6.24. The number of rotatable bonds is 4. The van der Waals surface area contributed by atoms with Gasteiger partial charge >= 0.3 is 6.09 Å². The molecule has 0 aromatic rings. The Balaban J connectivity index is 1.62. The van der Waals surface area contributed by atoms with Crippen molar-refractivity contribution in [3.8, 4) is 6.07 Å². The van der Waals surface area contributed by atoms with Gasteiger partial charge in [0.15, 0.2) is 0 Å². The second-order valence-electron chi connectivity index (χ2n) is 9.07. The molecular weight excluding hydrogens is 330 g/mol. The van der Waals surface area contributed by atoms with Crippen LogP contribution < -0.4 is 5.32 Å². The highest BCUT2D eigenvalue weighted by Crippen LogP contribution is 2.55. The number of amides is 1. The summed E-state index contributed by atoms with van der Waals surface area (Å²) < 4.78 is 11.5. The van der Waals surface area contributed by atoms with Crippen molar-refractivity contribution >= 4 is 6.09 Å². The average molecular weight is 364 g/mol. The zero-order valence-corrected chi connectivity index (χ0v) is 16.6. The van der Waals surface area contributed by atoms with Gasteiger partial charge in [0.2, 0.25) is 0 Å². The topological polar surface area (TPSA) is 74.6 Å². The maximum Gasteiger partial charge on any atom is 0.410 e. The van der Waals surface area contributed by atoms with Gasteiger partial charge < -0.3 is 19.7 Å². The zero-order chi connectivity index (χ0) is 18.9. The molecule has 0 aromatic carbocycles. The van der Waals surface area contributed by atoms with Crippen molar-refractivity contribution in [1.29, 1.82) is 5.26 Å². The number of nitriles is 1. The Labute approximate surface area is 157 Å². The number of carbonyl (C=O) groups excluding carboxylic acids is 1. The molecular formula is C20H33N3O3. The zero-order valence-electron chi connectivity index (χ0n) is 16.6. The van der Waals surface area contributed by atoms with Gasteiger partial charge in [-0.3, -0.25) is 0 Å². The maximum absolute atomic E-state index is 12.4. The van der Waals surface area contributed by atoms with Gasteiger partial charge in [-0.15, -0.1) is 0 Å². The summed E-state index contributed by atoms with van der Waals surface area (Å²) in [5, 5.41) is 13.3. The SMILES string of the molecule is CCO[C@@H]1C[C@H](N[C@@H]2CN(C(=O)OC(C)(C)C)C[C@H]2C#N)C12CCCC2. The fourth-order valence-electron chi connectivity index (χ4n) is 4.96. The van der Waals surface area contributed by atoms with Crippen molar-refractivity contribution in [2.75, 3.05) is 19.7 Å². The molecule has 1 heterocycles. The minimum absolute atomic E-state index is 0.0116. The summed E-state index contributed by atoms with van der Waals surface area (Å²) in [4.78, 5) is 14.0. The summed E-state index contributed by atoms with van der Waals surface area (Å²) in [5.74, 6) is -0.188. The number of ether oxygens (including phenoxy) is 2. The number of carbonyl (C=O) groups is 1. The quantitative estimate of drug-likeness (QED) is 0.831. The van der Waals surface area contributed by atoms with Crippen LogP contribution in [0, 0.1) is 22.7 Å². The van der Waals surface area contributed by atoms with Gasteiger partial charge in [0, 0.05) is 37.2 Å². The van der Waals surface area contributed by atoms with E-state index in [1.165, 1.54) is 25.7 Å². The number of hydrogen-bond acceptors (Lipinski definition) is 5. The lowest BCUT2D eigenvalue weighted by Crippen LogP contribution is -2.65. The number of likely N-dealkylation sites (tertiary alicyclic amines) is 1. The van der Waals surface area contributed by atoms with Crippen molar-refractivity contribution in [1.82, 2.24) is 10.2 Å². The molecule has 3 fully saturated rings. The lowest BCUT2D eigenvalue weighted by atomic mass is 9.60. The first-order valence-corrected chi connectivity index (χ1v) is 10.0. The minimum Gasteiger partial charge on any atom is -0.444 e. The molecule has 6 nitrogen and oxygen atoms in total. The molecule has 0 bridgehead atoms. The molecule has 2 aliphatic carbocycles. The van der Waals surface area contributed by atoms with Crippen LogP contribution in [0.1, 0.15) is 59.8 Å². The van der Waals surface area contributed by atoms with Gasteiger partial charge in [0.25, 0.3) is 0 Å². The van der Waals surface area contributed by atoms with E-state index in [0.717, 1.165) is 13.0 Å². The molecule has 1 spiro atoms. The summed E-state index contributed by atoms with van der Waals surface area (Å²) in [7, 11) is 0. The number of nitrogens with zero attached hydrogens (tertiary/aromatic N) is 2. The van der Waals surface area contributed by atoms with Crippen LogP contribution in [0.5, 0.6) is 0 Å². The normalized spacial score (nSPS) is 33.1. The summed E-state index contributed by atoms with van der Waals surface area (Å²) >= 11 is 0. The fraction of sp³-hybridized carbons (Fsp3) is 0.900. The van der Waals surface area contributed by atoms with E-state index in [4.69, 9.17) is 9.47 Å². The van der Waals surface area contributed by atoms with Crippen LogP contribution in [0.15, 0.2) is 0 Å². The lowest BCUT2D eigenvalue weighted by Gasteiger charge is -2.55. The molecule has 3 rings (SSSR count). The van der Waals surface area contributed by atoms with Crippen molar-refractivity contribution in [2.24, 2.45) is 11.3 Å². The summed E-state index contributed by atoms with van der Waals surface area (Å²) in [5.41, 5.74) is -0.285. The van der Waals surface area contributed by atoms with E-state index >= 15 is 0 Å². The third kappa shape index (κ3) is 3.70. The third-order valence-electron chi connectivity index (χ3n) is 6.24. The van der Waals surface area contributed by atoms with Crippen LogP contribution in [-0.2, 0) is 9.47 Å². The highest BCUT2D eigenvalue weighted by Gasteiger charge is 2.57. The molecule has 1 N–H and O–H groups in total. The van der Waals surface area contributed by atoms with Gasteiger partial charge in [0.1, 0.15) is 5.60 Å². The van der Waals surface area contributed by atoms with E-state index in [2.05, 4.69) is 18.3 Å². The van der Waals surface area contributed by atoms with E-state index in [-0.39, 0.29) is 23.5 Å². The predicted molar refractivity (Wildman–Crippen MR) is 98.6 cm³/mol. The Morgan fingerprint density at radius 2 is 2.00 bits per heavy atom. The standard InChI is InChI=1S/C20H33N3O3/c1-5-25-17-10-16(20(17)8-6-7-9-20)22-15-13-23(12-14(15)11-21)18(24)26-19(2,3)4/h14-17,22H,5-10,12-13H2,1-4H3/t14-,15-,16+,17-/m1/s1. The first-order chi connectivity index (χ1) is 12.3. The molecule has 0 unspecified atom stereocenters. The molecule has 26 heavy (non-hydrogen) atoms. The van der Waals surface area contributed by atoms with Crippen LogP contribution >= 0.6 is 0 Å². The van der Waals surface area contributed by atoms with Crippen molar-refractivity contribution in [3.05, 3.63) is 0 Å². The lowest BCUT2D eigenvalue weighted by molar-refractivity contribution is -0.132. The number of nitrogens with one attached hydrogen (secondary N) is 1. The Hall–Kier alpha value is -1.32. The molecule has 0 radical (unpaired) electrons. The van der Waals surface area contributed by atoms with Gasteiger partial charge in [-0.05, 0) is 47.0 Å². The van der Waals surface area contributed by atoms with Crippen LogP contribution in [0.25, 0.3) is 0 Å². The first-order valence-electron chi connectivity index (χ1n) is 10.0. The molecule has 0 aromatic heterocycles. The van der Waals surface area contributed by atoms with Gasteiger partial charge in [0.05, 0.1) is 18.1 Å². The molecule has 6 heteroatoms. The van der Waals surface area contributed by atoms with Crippen LogP contribution in [-0.4, -0.2) is 54.5 Å². The van der Waals surface area contributed by atoms with Crippen LogP contribution in [0.4, 0.5) is 4.79 Å². The number of hydrogen-bond donors (Lipinski definition) is 1. The van der Waals surface area contributed by atoms with E-state index in [0.29, 0.717) is 25.2 Å². The van der Waals surface area contributed by atoms with Gasteiger partial charge in [-0.1, -0.05) is 12.8 Å². The first kappa shape index (κ1) is 19.4. The van der Waals surface area contributed by atoms with Crippen molar-refractivity contribution in [3.63, 3.8) is 0 Å². The fourth-order valence-corrected chi connectivity index (χ4v) is 4.96. The largest absolute Gasteiger partial charge is 0.444 e. The highest BCUT2D eigenvalue weighted by molar-refractivity contribution is 5.68. The monoisotopic (exact) mass is 363 g/mol. The molecule has 2 saturated carbocycles. The predicted octanol–water partition coefficient (Wildman–Crippen LogP) is 3.07. The molecule has 1 amide bonds. The smallest absolute Gasteiger partial charge is 0.410 e. The van der Waals surface area contributed by atoms with Crippen molar-refractivity contribution in [2.45, 2.75) is 83.6 Å². The molecule has 3 aliphatic rings. The summed E-state index contributed by atoms with van der Waals surface area (Å²) in [6.45, 7) is 9.40. The van der Waals surface area contributed by atoms with Crippen molar-refractivity contribution < 1.29 is 14.3 Å². The van der Waals surface area contributed by atoms with E-state index < -0.39 is 5.60 Å². The minimum atomic E-state index is -0.517. The van der Waals surface area contributed by atoms with Gasteiger partial charge in [-0.25, -0.2) is 4.79 Å². The second kappa shape index (κ2) is 7.36. The Morgan fingerprint density at radius 1 is 1.31 bits per heavy atom.